The number of carbonyl (C=O) groups excluding carboxylic acids is 1. The van der Waals surface area contributed by atoms with E-state index >= 15 is 0 Å². The van der Waals surface area contributed by atoms with Crippen molar-refractivity contribution >= 4 is 11.6 Å². The summed E-state index contributed by atoms with van der Waals surface area (Å²) in [6.07, 6.45) is 3.19. The van der Waals surface area contributed by atoms with E-state index < -0.39 is 6.04 Å². The van der Waals surface area contributed by atoms with Gasteiger partial charge in [-0.3, -0.25) is 9.78 Å². The number of hydrogen-bond donors (Lipinski definition) is 1. The number of anilines is 1. The van der Waals surface area contributed by atoms with Crippen LogP contribution in [-0.2, 0) is 11.2 Å². The monoisotopic (exact) mass is 191 g/mol. The molecule has 0 fully saturated rings. The van der Waals surface area contributed by atoms with E-state index in [1.807, 2.05) is 12.1 Å². The molecule has 2 heterocycles. The second kappa shape index (κ2) is 3.38. The summed E-state index contributed by atoms with van der Waals surface area (Å²) in [5, 5.41) is 0. The van der Waals surface area contributed by atoms with Gasteiger partial charge >= 0.3 is 0 Å². The van der Waals surface area contributed by atoms with E-state index in [1.165, 1.54) is 0 Å². The van der Waals surface area contributed by atoms with Crippen LogP contribution in [-0.4, -0.2) is 24.0 Å². The van der Waals surface area contributed by atoms with Crippen LogP contribution in [0.2, 0.25) is 0 Å². The summed E-state index contributed by atoms with van der Waals surface area (Å²) in [5.41, 5.74) is 7.56. The molecule has 0 spiro atoms. The number of rotatable bonds is 0. The SMILES string of the molecule is CN1C(=O)[C@H](N)CCc2ncccc21. The Morgan fingerprint density at radius 3 is 3.21 bits per heavy atom. The number of likely N-dealkylation sites (N-methyl/N-ethyl adjacent to an activating group) is 1. The molecule has 14 heavy (non-hydrogen) atoms. The summed E-state index contributed by atoms with van der Waals surface area (Å²) in [5.74, 6) is -0.0308. The Bertz CT molecular complexity index is 364. The van der Waals surface area contributed by atoms with E-state index in [-0.39, 0.29) is 5.91 Å². The molecule has 1 aromatic rings. The van der Waals surface area contributed by atoms with Gasteiger partial charge in [0.25, 0.3) is 0 Å². The molecule has 0 saturated heterocycles. The zero-order chi connectivity index (χ0) is 10.1. The van der Waals surface area contributed by atoms with E-state index in [4.69, 9.17) is 5.73 Å². The third-order valence-corrected chi connectivity index (χ3v) is 2.57. The standard InChI is InChI=1S/C10H13N3O/c1-13-9-3-2-6-12-8(9)5-4-7(11)10(13)14/h2-3,6-7H,4-5,11H2,1H3/t7-/m1/s1. The Labute approximate surface area is 82.7 Å². The molecule has 2 N–H and O–H groups in total. The van der Waals surface area contributed by atoms with Gasteiger partial charge in [0, 0.05) is 13.2 Å². The largest absolute Gasteiger partial charge is 0.320 e. The van der Waals surface area contributed by atoms with Gasteiger partial charge in [-0.05, 0) is 25.0 Å². The van der Waals surface area contributed by atoms with Crippen LogP contribution in [0.15, 0.2) is 18.3 Å². The van der Waals surface area contributed by atoms with Gasteiger partial charge in [0.05, 0.1) is 17.4 Å². The second-order valence-electron chi connectivity index (χ2n) is 3.51. The summed E-state index contributed by atoms with van der Waals surface area (Å²) < 4.78 is 0. The average Bonchev–Trinajstić information content (AvgIpc) is 2.32. The van der Waals surface area contributed by atoms with Crippen molar-refractivity contribution in [3.8, 4) is 0 Å². The molecule has 1 atom stereocenters. The van der Waals surface area contributed by atoms with Crippen LogP contribution in [0.5, 0.6) is 0 Å². The molecule has 1 aliphatic rings. The lowest BCUT2D eigenvalue weighted by atomic mass is 10.1. The van der Waals surface area contributed by atoms with Crippen LogP contribution in [0.25, 0.3) is 0 Å². The average molecular weight is 191 g/mol. The third kappa shape index (κ3) is 1.37. The number of fused-ring (bicyclic) bond motifs is 1. The van der Waals surface area contributed by atoms with Crippen molar-refractivity contribution in [2.75, 3.05) is 11.9 Å². The van der Waals surface area contributed by atoms with Gasteiger partial charge < -0.3 is 10.6 Å². The number of pyridine rings is 1. The number of aryl methyl sites for hydroxylation is 1. The van der Waals surface area contributed by atoms with Crippen molar-refractivity contribution in [1.82, 2.24) is 4.98 Å². The van der Waals surface area contributed by atoms with Crippen LogP contribution in [0.1, 0.15) is 12.1 Å². The van der Waals surface area contributed by atoms with Crippen molar-refractivity contribution in [3.63, 3.8) is 0 Å². The Morgan fingerprint density at radius 1 is 1.64 bits per heavy atom. The molecule has 4 heteroatoms. The van der Waals surface area contributed by atoms with Crippen molar-refractivity contribution in [2.24, 2.45) is 5.73 Å². The van der Waals surface area contributed by atoms with Crippen molar-refractivity contribution in [3.05, 3.63) is 24.0 Å². The first kappa shape index (κ1) is 9.15. The first-order chi connectivity index (χ1) is 6.70. The van der Waals surface area contributed by atoms with Crippen molar-refractivity contribution in [1.29, 1.82) is 0 Å². The van der Waals surface area contributed by atoms with E-state index in [9.17, 15) is 4.79 Å². The lowest BCUT2D eigenvalue weighted by molar-refractivity contribution is -0.119. The van der Waals surface area contributed by atoms with Crippen LogP contribution >= 0.6 is 0 Å². The van der Waals surface area contributed by atoms with Gasteiger partial charge in [-0.2, -0.15) is 0 Å². The van der Waals surface area contributed by atoms with Gasteiger partial charge in [0.1, 0.15) is 0 Å². The minimum absolute atomic E-state index is 0.0308. The van der Waals surface area contributed by atoms with Crippen molar-refractivity contribution < 1.29 is 4.79 Å². The normalized spacial score (nSPS) is 21.7. The van der Waals surface area contributed by atoms with Gasteiger partial charge in [-0.25, -0.2) is 0 Å². The van der Waals surface area contributed by atoms with Gasteiger partial charge in [-0.15, -0.1) is 0 Å². The Morgan fingerprint density at radius 2 is 2.43 bits per heavy atom. The first-order valence-corrected chi connectivity index (χ1v) is 4.67. The van der Waals surface area contributed by atoms with Gasteiger partial charge in [0.15, 0.2) is 0 Å². The van der Waals surface area contributed by atoms with Crippen LogP contribution in [0.3, 0.4) is 0 Å². The number of hydrogen-bond acceptors (Lipinski definition) is 3. The summed E-state index contributed by atoms with van der Waals surface area (Å²) in [6, 6.07) is 3.34. The molecular formula is C10H13N3O. The van der Waals surface area contributed by atoms with Crippen molar-refractivity contribution in [2.45, 2.75) is 18.9 Å². The zero-order valence-electron chi connectivity index (χ0n) is 8.10. The predicted octanol–water partition coefficient (Wildman–Crippen LogP) is 0.318. The highest BCUT2D eigenvalue weighted by Gasteiger charge is 2.25. The van der Waals surface area contributed by atoms with Crippen LogP contribution < -0.4 is 10.6 Å². The van der Waals surface area contributed by atoms with Crippen LogP contribution in [0, 0.1) is 0 Å². The molecule has 2 rings (SSSR count). The highest BCUT2D eigenvalue weighted by atomic mass is 16.2. The minimum atomic E-state index is -0.394. The van der Waals surface area contributed by atoms with E-state index in [0.29, 0.717) is 6.42 Å². The lowest BCUT2D eigenvalue weighted by Crippen LogP contribution is -2.40. The maximum atomic E-state index is 11.7. The summed E-state index contributed by atoms with van der Waals surface area (Å²) in [7, 11) is 1.74. The number of amides is 1. The molecular weight excluding hydrogens is 178 g/mol. The summed E-state index contributed by atoms with van der Waals surface area (Å²) >= 11 is 0. The molecule has 0 saturated carbocycles. The molecule has 0 bridgehead atoms. The smallest absolute Gasteiger partial charge is 0.243 e. The highest BCUT2D eigenvalue weighted by molar-refractivity contribution is 5.97. The molecule has 1 aliphatic heterocycles. The molecule has 1 aromatic heterocycles. The lowest BCUT2D eigenvalue weighted by Gasteiger charge is -2.18. The Hall–Kier alpha value is -1.42. The summed E-state index contributed by atoms with van der Waals surface area (Å²) in [6.45, 7) is 0. The second-order valence-corrected chi connectivity index (χ2v) is 3.51. The van der Waals surface area contributed by atoms with E-state index in [0.717, 1.165) is 17.8 Å². The van der Waals surface area contributed by atoms with Crippen LogP contribution in [0.4, 0.5) is 5.69 Å². The topological polar surface area (TPSA) is 59.2 Å². The van der Waals surface area contributed by atoms with E-state index in [2.05, 4.69) is 4.98 Å². The maximum absolute atomic E-state index is 11.7. The number of carbonyl (C=O) groups is 1. The molecule has 0 unspecified atom stereocenters. The molecule has 0 aliphatic carbocycles. The predicted molar refractivity (Wildman–Crippen MR) is 53.9 cm³/mol. The quantitative estimate of drug-likeness (QED) is 0.642. The fourth-order valence-electron chi connectivity index (χ4n) is 1.71. The van der Waals surface area contributed by atoms with Gasteiger partial charge in [-0.1, -0.05) is 0 Å². The highest BCUT2D eigenvalue weighted by Crippen LogP contribution is 2.22. The number of nitrogens with two attached hydrogens (primary N) is 1. The summed E-state index contributed by atoms with van der Waals surface area (Å²) in [4.78, 5) is 17.5. The Balaban J connectivity index is 2.45. The third-order valence-electron chi connectivity index (χ3n) is 2.57. The van der Waals surface area contributed by atoms with E-state index in [1.54, 1.807) is 18.1 Å². The fraction of sp³-hybridized carbons (Fsp3) is 0.400. The molecule has 74 valence electrons. The fourth-order valence-corrected chi connectivity index (χ4v) is 1.71. The zero-order valence-corrected chi connectivity index (χ0v) is 8.10. The maximum Gasteiger partial charge on any atom is 0.243 e. The Kier molecular flexibility index (Phi) is 2.21. The number of aromatic nitrogens is 1. The first-order valence-electron chi connectivity index (χ1n) is 4.67. The van der Waals surface area contributed by atoms with Gasteiger partial charge in [0.2, 0.25) is 5.91 Å². The minimum Gasteiger partial charge on any atom is -0.320 e. The number of nitrogens with zero attached hydrogens (tertiary/aromatic N) is 2. The molecule has 0 radical (unpaired) electrons. The molecule has 4 nitrogen and oxygen atoms in total. The molecule has 0 aromatic carbocycles. The molecule has 1 amide bonds.